The van der Waals surface area contributed by atoms with Gasteiger partial charge in [-0.25, -0.2) is 0 Å². The van der Waals surface area contributed by atoms with Gasteiger partial charge in [-0.3, -0.25) is 4.79 Å². The van der Waals surface area contributed by atoms with Gasteiger partial charge < -0.3 is 5.11 Å². The van der Waals surface area contributed by atoms with Gasteiger partial charge in [0.15, 0.2) is 0 Å². The van der Waals surface area contributed by atoms with E-state index in [2.05, 4.69) is 40.7 Å². The van der Waals surface area contributed by atoms with E-state index >= 15 is 0 Å². The van der Waals surface area contributed by atoms with Crippen LogP contribution in [0.1, 0.15) is 79.6 Å². The van der Waals surface area contributed by atoms with E-state index in [-0.39, 0.29) is 6.42 Å². The quantitative estimate of drug-likeness (QED) is 0.632. The molecule has 0 bridgehead atoms. The van der Waals surface area contributed by atoms with Crippen molar-refractivity contribution in [3.63, 3.8) is 0 Å². The number of carboxylic acid groups (broad SMARTS) is 1. The highest BCUT2D eigenvalue weighted by Crippen LogP contribution is 2.60. The molecule has 2 aliphatic rings. The van der Waals surface area contributed by atoms with Gasteiger partial charge in [0, 0.05) is 0 Å². The lowest BCUT2D eigenvalue weighted by molar-refractivity contribution is -0.136. The van der Waals surface area contributed by atoms with Gasteiger partial charge in [-0.2, -0.15) is 0 Å². The van der Waals surface area contributed by atoms with Gasteiger partial charge in [-0.1, -0.05) is 50.5 Å². The molecule has 130 valence electrons. The summed E-state index contributed by atoms with van der Waals surface area (Å²) in [6.45, 7) is 11.8. The van der Waals surface area contributed by atoms with Gasteiger partial charge >= 0.3 is 5.97 Å². The molecule has 0 radical (unpaired) electrons. The van der Waals surface area contributed by atoms with E-state index in [0.717, 1.165) is 18.8 Å². The molecule has 0 heterocycles. The standard InChI is InChI=1S/C21H34O2/c1-15(8-12-19(22)23)7-10-17-16(2)9-11-18-20(3,4)13-6-14-21(17,18)5/h8-9,17-18H,6-7,10-14H2,1-5H3,(H,22,23)/b15-8+/t17-,18-,21+/m0/s1. The molecule has 3 atom stereocenters. The number of allylic oxidation sites excluding steroid dienone is 3. The first-order valence-corrected chi connectivity index (χ1v) is 9.21. The summed E-state index contributed by atoms with van der Waals surface area (Å²) in [4.78, 5) is 10.7. The van der Waals surface area contributed by atoms with E-state index in [1.807, 2.05) is 6.08 Å². The Bertz CT molecular complexity index is 512. The van der Waals surface area contributed by atoms with Crippen molar-refractivity contribution in [1.29, 1.82) is 0 Å². The van der Waals surface area contributed by atoms with Crippen LogP contribution in [0.3, 0.4) is 0 Å². The third kappa shape index (κ3) is 3.89. The number of carboxylic acids is 1. The van der Waals surface area contributed by atoms with Crippen molar-refractivity contribution < 1.29 is 9.90 Å². The number of aliphatic carboxylic acids is 1. The minimum absolute atomic E-state index is 0.151. The van der Waals surface area contributed by atoms with Gasteiger partial charge in [0.05, 0.1) is 6.42 Å². The van der Waals surface area contributed by atoms with Crippen LogP contribution in [-0.4, -0.2) is 11.1 Å². The van der Waals surface area contributed by atoms with Crippen LogP contribution in [0.15, 0.2) is 23.3 Å². The van der Waals surface area contributed by atoms with Gasteiger partial charge in [-0.05, 0) is 68.6 Å². The number of carbonyl (C=O) groups is 1. The van der Waals surface area contributed by atoms with E-state index in [9.17, 15) is 4.79 Å². The van der Waals surface area contributed by atoms with Crippen molar-refractivity contribution in [3.8, 4) is 0 Å². The molecule has 1 saturated carbocycles. The summed E-state index contributed by atoms with van der Waals surface area (Å²) in [5.74, 6) is 0.689. The van der Waals surface area contributed by atoms with E-state index < -0.39 is 5.97 Å². The first-order valence-electron chi connectivity index (χ1n) is 9.21. The summed E-state index contributed by atoms with van der Waals surface area (Å²) < 4.78 is 0. The second-order valence-corrected chi connectivity index (χ2v) is 8.82. The average molecular weight is 319 g/mol. The Morgan fingerprint density at radius 3 is 2.70 bits per heavy atom. The van der Waals surface area contributed by atoms with E-state index in [1.165, 1.54) is 31.3 Å². The van der Waals surface area contributed by atoms with Crippen molar-refractivity contribution in [3.05, 3.63) is 23.3 Å². The second-order valence-electron chi connectivity index (χ2n) is 8.82. The monoisotopic (exact) mass is 318 g/mol. The van der Waals surface area contributed by atoms with Gasteiger partial charge in [-0.15, -0.1) is 0 Å². The molecule has 0 aromatic heterocycles. The Kier molecular flexibility index (Phi) is 5.43. The molecule has 1 fully saturated rings. The molecule has 0 aliphatic heterocycles. The van der Waals surface area contributed by atoms with Crippen molar-refractivity contribution >= 4 is 5.97 Å². The SMILES string of the molecule is CC1=CC[C@H]2C(C)(C)CCC[C@]2(C)[C@H]1CC/C(C)=C/CC(=O)O. The van der Waals surface area contributed by atoms with E-state index in [1.54, 1.807) is 5.57 Å². The zero-order valence-corrected chi connectivity index (χ0v) is 15.6. The summed E-state index contributed by atoms with van der Waals surface area (Å²) in [6, 6.07) is 0. The molecule has 0 spiro atoms. The largest absolute Gasteiger partial charge is 0.481 e. The molecule has 2 nitrogen and oxygen atoms in total. The van der Waals surface area contributed by atoms with Crippen LogP contribution < -0.4 is 0 Å². The van der Waals surface area contributed by atoms with Crippen molar-refractivity contribution in [2.45, 2.75) is 79.6 Å². The fourth-order valence-corrected chi connectivity index (χ4v) is 5.43. The molecule has 2 rings (SSSR count). The maximum absolute atomic E-state index is 10.7. The first-order chi connectivity index (χ1) is 10.7. The molecule has 0 aromatic carbocycles. The Balaban J connectivity index is 2.13. The highest BCUT2D eigenvalue weighted by molar-refractivity contribution is 5.68. The van der Waals surface area contributed by atoms with Gasteiger partial charge in [0.1, 0.15) is 0 Å². The number of rotatable bonds is 5. The van der Waals surface area contributed by atoms with E-state index in [4.69, 9.17) is 5.11 Å². The lowest BCUT2D eigenvalue weighted by Crippen LogP contribution is -2.48. The Morgan fingerprint density at radius 1 is 1.35 bits per heavy atom. The molecule has 0 saturated heterocycles. The summed E-state index contributed by atoms with van der Waals surface area (Å²) >= 11 is 0. The maximum Gasteiger partial charge on any atom is 0.307 e. The Hall–Kier alpha value is -1.05. The third-order valence-electron chi connectivity index (χ3n) is 6.75. The lowest BCUT2D eigenvalue weighted by atomic mass is 9.48. The maximum atomic E-state index is 10.7. The fraction of sp³-hybridized carbons (Fsp3) is 0.762. The summed E-state index contributed by atoms with van der Waals surface area (Å²) in [6.07, 6.45) is 12.0. The molecule has 0 aromatic rings. The number of fused-ring (bicyclic) bond motifs is 1. The van der Waals surface area contributed by atoms with Crippen LogP contribution in [0.4, 0.5) is 0 Å². The normalized spacial score (nSPS) is 33.8. The molecule has 0 unspecified atom stereocenters. The highest BCUT2D eigenvalue weighted by atomic mass is 16.4. The zero-order valence-electron chi connectivity index (χ0n) is 15.6. The minimum atomic E-state index is -0.737. The first kappa shape index (κ1) is 18.3. The van der Waals surface area contributed by atoms with Gasteiger partial charge in [0.25, 0.3) is 0 Å². The van der Waals surface area contributed by atoms with Crippen LogP contribution in [0, 0.1) is 22.7 Å². The lowest BCUT2D eigenvalue weighted by Gasteiger charge is -2.57. The van der Waals surface area contributed by atoms with Crippen LogP contribution in [0.5, 0.6) is 0 Å². The third-order valence-corrected chi connectivity index (χ3v) is 6.75. The molecule has 23 heavy (non-hydrogen) atoms. The number of hydrogen-bond acceptors (Lipinski definition) is 1. The van der Waals surface area contributed by atoms with E-state index in [0.29, 0.717) is 16.7 Å². The minimum Gasteiger partial charge on any atom is -0.481 e. The molecule has 2 aliphatic carbocycles. The summed E-state index contributed by atoms with van der Waals surface area (Å²) in [5, 5.41) is 8.82. The molecule has 2 heteroatoms. The average Bonchev–Trinajstić information content (AvgIpc) is 2.43. The second kappa shape index (κ2) is 6.83. The molecular weight excluding hydrogens is 284 g/mol. The van der Waals surface area contributed by atoms with Crippen molar-refractivity contribution in [2.75, 3.05) is 0 Å². The predicted octanol–water partition coefficient (Wildman–Crippen LogP) is 5.99. The van der Waals surface area contributed by atoms with Crippen LogP contribution >= 0.6 is 0 Å². The topological polar surface area (TPSA) is 37.3 Å². The molecule has 0 amide bonds. The van der Waals surface area contributed by atoms with Crippen LogP contribution in [0.2, 0.25) is 0 Å². The van der Waals surface area contributed by atoms with Crippen molar-refractivity contribution in [2.24, 2.45) is 22.7 Å². The molecular formula is C21H34O2. The van der Waals surface area contributed by atoms with Crippen molar-refractivity contribution in [1.82, 2.24) is 0 Å². The predicted molar refractivity (Wildman–Crippen MR) is 96.3 cm³/mol. The smallest absolute Gasteiger partial charge is 0.307 e. The van der Waals surface area contributed by atoms with Crippen LogP contribution in [0.25, 0.3) is 0 Å². The highest BCUT2D eigenvalue weighted by Gasteiger charge is 2.51. The number of hydrogen-bond donors (Lipinski definition) is 1. The Labute approximate surface area is 142 Å². The zero-order chi connectivity index (χ0) is 17.3. The molecule has 1 N–H and O–H groups in total. The van der Waals surface area contributed by atoms with Crippen LogP contribution in [-0.2, 0) is 4.79 Å². The summed E-state index contributed by atoms with van der Waals surface area (Å²) in [5.41, 5.74) is 3.64. The fourth-order valence-electron chi connectivity index (χ4n) is 5.43. The summed E-state index contributed by atoms with van der Waals surface area (Å²) in [7, 11) is 0. The van der Waals surface area contributed by atoms with Gasteiger partial charge in [0.2, 0.25) is 0 Å². The Morgan fingerprint density at radius 2 is 2.04 bits per heavy atom.